The van der Waals surface area contributed by atoms with Crippen LogP contribution < -0.4 is 5.32 Å². The number of benzene rings is 1. The minimum Gasteiger partial charge on any atom is -0.381 e. The van der Waals surface area contributed by atoms with E-state index in [4.69, 9.17) is 13.1 Å². The van der Waals surface area contributed by atoms with Crippen LogP contribution in [0.1, 0.15) is 18.1 Å². The molecule has 0 aliphatic carbocycles. The van der Waals surface area contributed by atoms with Crippen molar-refractivity contribution in [1.29, 1.82) is 5.26 Å². The number of rotatable bonds is 3. The number of aliphatic hydroxyl groups is 1. The van der Waals surface area contributed by atoms with Crippen molar-refractivity contribution in [2.24, 2.45) is 0 Å². The second-order valence-electron chi connectivity index (χ2n) is 4.30. The lowest BCUT2D eigenvalue weighted by Gasteiger charge is -2.21. The maximum absolute atomic E-state index is 12.7. The van der Waals surface area contributed by atoms with E-state index >= 15 is 0 Å². The number of nitrogens with zero attached hydrogens (tertiary/aromatic N) is 1. The Bertz CT molecular complexity index is 565. The van der Waals surface area contributed by atoms with Gasteiger partial charge in [-0.25, -0.2) is 0 Å². The summed E-state index contributed by atoms with van der Waals surface area (Å²) in [5, 5.41) is 20.3. The number of halogens is 3. The van der Waals surface area contributed by atoms with Gasteiger partial charge in [0.2, 0.25) is 0 Å². The molecule has 0 spiro atoms. The van der Waals surface area contributed by atoms with E-state index in [1.807, 2.05) is 0 Å². The molecule has 0 fully saturated rings. The quantitative estimate of drug-likeness (QED) is 0.831. The summed E-state index contributed by atoms with van der Waals surface area (Å²) < 4.78 is 38.2. The molecular weight excluding hydrogens is 272 g/mol. The zero-order chi connectivity index (χ0) is 15.6. The van der Waals surface area contributed by atoms with Gasteiger partial charge in [-0.1, -0.05) is 6.32 Å². The van der Waals surface area contributed by atoms with E-state index in [0.717, 1.165) is 19.1 Å². The summed E-state index contributed by atoms with van der Waals surface area (Å²) in [6, 6.07) is 4.13. The molecule has 0 aliphatic rings. The minimum atomic E-state index is -4.72. The van der Waals surface area contributed by atoms with Gasteiger partial charge in [0.15, 0.2) is 0 Å². The topological polar surface area (TPSA) is 73.1 Å². The Balaban J connectivity index is 3.12. The maximum atomic E-state index is 12.7. The van der Waals surface area contributed by atoms with Crippen molar-refractivity contribution in [2.75, 3.05) is 5.32 Å². The Morgan fingerprint density at radius 3 is 2.55 bits per heavy atom. The molecule has 0 aromatic heterocycles. The second kappa shape index (κ2) is 5.55. The summed E-state index contributed by atoms with van der Waals surface area (Å²) in [6.45, 7) is 1.14. The molecule has 1 aromatic carbocycles. The van der Waals surface area contributed by atoms with Crippen LogP contribution in [0.25, 0.3) is 0 Å². The van der Waals surface area contributed by atoms with Gasteiger partial charge in [-0.05, 0) is 25.1 Å². The van der Waals surface area contributed by atoms with Gasteiger partial charge in [0, 0.05) is 5.69 Å². The summed E-state index contributed by atoms with van der Waals surface area (Å²) in [5.41, 5.74) is -3.80. The summed E-state index contributed by atoms with van der Waals surface area (Å²) in [6.07, 6.45) is -5.11. The molecule has 0 aliphatic heterocycles. The first-order valence-electron chi connectivity index (χ1n) is 5.47. The Hall–Kier alpha value is -2.01. The van der Waals surface area contributed by atoms with Crippen molar-refractivity contribution in [3.63, 3.8) is 0 Å². The molecule has 4 nitrogen and oxygen atoms in total. The number of carbonyl (C=O) groups excluding carboxylic acids is 1. The number of hydrogen-bond acceptors (Lipinski definition) is 3. The predicted octanol–water partition coefficient (Wildman–Crippen LogP) is 1.85. The monoisotopic (exact) mass is 282 g/mol. The van der Waals surface area contributed by atoms with Crippen LogP contribution in [-0.4, -0.2) is 24.5 Å². The van der Waals surface area contributed by atoms with Gasteiger partial charge in [0.1, 0.15) is 5.60 Å². The average Bonchev–Trinajstić information content (AvgIpc) is 2.37. The minimum absolute atomic E-state index is 0.185. The fourth-order valence-electron chi connectivity index (χ4n) is 1.31. The van der Waals surface area contributed by atoms with E-state index in [0.29, 0.717) is 6.07 Å². The van der Waals surface area contributed by atoms with Crippen LogP contribution in [0.5, 0.6) is 0 Å². The number of alkyl halides is 3. The standard InChI is InChI=1S/C12H10BF3N2O2/c1-11(20,6-13)10(19)18-8-3-2-7(5-17)9(4-8)12(14,15)16/h2-4,20H,6H2,1H3,(H,18,19)/t11-/m0/s1. The zero-order valence-electron chi connectivity index (χ0n) is 10.5. The third-order valence-electron chi connectivity index (χ3n) is 2.59. The Kier molecular flexibility index (Phi) is 4.45. The molecule has 1 rings (SSSR count). The highest BCUT2D eigenvalue weighted by Gasteiger charge is 2.34. The van der Waals surface area contributed by atoms with E-state index in [-0.39, 0.29) is 12.0 Å². The number of amides is 1. The SMILES string of the molecule is [B]C[C@](C)(O)C(=O)Nc1ccc(C#N)c(C(F)(F)F)c1. The van der Waals surface area contributed by atoms with E-state index in [9.17, 15) is 23.1 Å². The molecule has 20 heavy (non-hydrogen) atoms. The van der Waals surface area contributed by atoms with Crippen molar-refractivity contribution in [3.8, 4) is 6.07 Å². The molecule has 2 N–H and O–H groups in total. The van der Waals surface area contributed by atoms with E-state index < -0.39 is 28.8 Å². The highest BCUT2D eigenvalue weighted by Crippen LogP contribution is 2.33. The number of carbonyl (C=O) groups is 1. The third kappa shape index (κ3) is 3.51. The van der Waals surface area contributed by atoms with E-state index in [1.165, 1.54) is 6.07 Å². The first-order valence-corrected chi connectivity index (χ1v) is 5.47. The van der Waals surface area contributed by atoms with Gasteiger partial charge in [0.25, 0.3) is 5.91 Å². The van der Waals surface area contributed by atoms with Gasteiger partial charge < -0.3 is 10.4 Å². The van der Waals surface area contributed by atoms with Crippen LogP contribution in [0, 0.1) is 11.3 Å². The Morgan fingerprint density at radius 1 is 1.50 bits per heavy atom. The molecular formula is C12H10BF3N2O2. The number of hydrogen-bond donors (Lipinski definition) is 2. The van der Waals surface area contributed by atoms with Crippen LogP contribution in [0.2, 0.25) is 6.32 Å². The van der Waals surface area contributed by atoms with Crippen LogP contribution in [0.3, 0.4) is 0 Å². The molecule has 0 unspecified atom stereocenters. The molecule has 0 saturated carbocycles. The molecule has 1 atom stereocenters. The third-order valence-corrected chi connectivity index (χ3v) is 2.59. The molecule has 0 heterocycles. The summed E-state index contributed by atoms with van der Waals surface area (Å²) in [5.74, 6) is -0.933. The highest BCUT2D eigenvalue weighted by molar-refractivity contribution is 6.13. The van der Waals surface area contributed by atoms with Crippen LogP contribution in [-0.2, 0) is 11.0 Å². The fraction of sp³-hybridized carbons (Fsp3) is 0.333. The normalized spacial score (nSPS) is 14.2. The van der Waals surface area contributed by atoms with Crippen LogP contribution >= 0.6 is 0 Å². The molecule has 1 amide bonds. The maximum Gasteiger partial charge on any atom is 0.417 e. The van der Waals surface area contributed by atoms with Gasteiger partial charge in [-0.3, -0.25) is 4.79 Å². The van der Waals surface area contributed by atoms with Crippen molar-refractivity contribution in [2.45, 2.75) is 25.0 Å². The van der Waals surface area contributed by atoms with Crippen molar-refractivity contribution in [1.82, 2.24) is 0 Å². The highest BCUT2D eigenvalue weighted by atomic mass is 19.4. The molecule has 2 radical (unpaired) electrons. The molecule has 104 valence electrons. The first kappa shape index (κ1) is 16.1. The molecule has 8 heteroatoms. The second-order valence-corrected chi connectivity index (χ2v) is 4.30. The Labute approximate surface area is 114 Å². The van der Waals surface area contributed by atoms with Crippen molar-refractivity contribution in [3.05, 3.63) is 29.3 Å². The van der Waals surface area contributed by atoms with Crippen molar-refractivity contribution < 1.29 is 23.1 Å². The molecule has 0 bridgehead atoms. The number of nitriles is 1. The summed E-state index contributed by atoms with van der Waals surface area (Å²) in [4.78, 5) is 11.6. The Morgan fingerprint density at radius 2 is 2.10 bits per heavy atom. The number of nitrogens with one attached hydrogen (secondary N) is 1. The average molecular weight is 282 g/mol. The van der Waals surface area contributed by atoms with Gasteiger partial charge in [0.05, 0.1) is 25.0 Å². The number of anilines is 1. The van der Waals surface area contributed by atoms with Crippen LogP contribution in [0.15, 0.2) is 18.2 Å². The lowest BCUT2D eigenvalue weighted by atomic mass is 9.88. The van der Waals surface area contributed by atoms with Gasteiger partial charge >= 0.3 is 6.18 Å². The molecule has 1 aromatic rings. The lowest BCUT2D eigenvalue weighted by molar-refractivity contribution is -0.137. The van der Waals surface area contributed by atoms with E-state index in [1.54, 1.807) is 0 Å². The summed E-state index contributed by atoms with van der Waals surface area (Å²) in [7, 11) is 5.17. The van der Waals surface area contributed by atoms with Crippen molar-refractivity contribution >= 4 is 19.4 Å². The molecule has 0 saturated heterocycles. The summed E-state index contributed by atoms with van der Waals surface area (Å²) >= 11 is 0. The smallest absolute Gasteiger partial charge is 0.381 e. The van der Waals surface area contributed by atoms with Gasteiger partial charge in [-0.2, -0.15) is 18.4 Å². The zero-order valence-corrected chi connectivity index (χ0v) is 10.5. The predicted molar refractivity (Wildman–Crippen MR) is 66.0 cm³/mol. The van der Waals surface area contributed by atoms with E-state index in [2.05, 4.69) is 5.32 Å². The fourth-order valence-corrected chi connectivity index (χ4v) is 1.31. The van der Waals surface area contributed by atoms with Crippen LogP contribution in [0.4, 0.5) is 18.9 Å². The lowest BCUT2D eigenvalue weighted by Crippen LogP contribution is -2.39. The largest absolute Gasteiger partial charge is 0.417 e. The first-order chi connectivity index (χ1) is 9.11. The van der Waals surface area contributed by atoms with Gasteiger partial charge in [-0.15, -0.1) is 0 Å².